The highest BCUT2D eigenvalue weighted by Crippen LogP contribution is 2.29. The van der Waals surface area contributed by atoms with E-state index in [0.29, 0.717) is 36.4 Å². The smallest absolute Gasteiger partial charge is 0.243 e. The van der Waals surface area contributed by atoms with Crippen LogP contribution in [0.4, 0.5) is 0 Å². The molecule has 1 heterocycles. The maximum absolute atomic E-state index is 12.8. The highest BCUT2D eigenvalue weighted by atomic mass is 32.2. The summed E-state index contributed by atoms with van der Waals surface area (Å²) in [6.45, 7) is 10.0. The van der Waals surface area contributed by atoms with E-state index in [4.69, 9.17) is 4.74 Å². The van der Waals surface area contributed by atoms with Gasteiger partial charge >= 0.3 is 0 Å². The van der Waals surface area contributed by atoms with Crippen molar-refractivity contribution in [3.63, 3.8) is 0 Å². The lowest BCUT2D eigenvalue weighted by Gasteiger charge is -2.34. The Morgan fingerprint density at radius 2 is 1.86 bits per heavy atom. The second-order valence-electron chi connectivity index (χ2n) is 6.54. The first kappa shape index (κ1) is 17.3. The van der Waals surface area contributed by atoms with Gasteiger partial charge in [-0.25, -0.2) is 8.42 Å². The Morgan fingerprint density at radius 3 is 2.41 bits per heavy atom. The fourth-order valence-electron chi connectivity index (χ4n) is 3.11. The monoisotopic (exact) mass is 325 g/mol. The third-order valence-electron chi connectivity index (χ3n) is 4.08. The number of piperidine rings is 1. The minimum absolute atomic E-state index is 0.371. The molecule has 1 aliphatic heterocycles. The molecule has 2 unspecified atom stereocenters. The molecule has 124 valence electrons. The Bertz CT molecular complexity index is 602. The van der Waals surface area contributed by atoms with Crippen LogP contribution in [0.15, 0.2) is 23.1 Å². The number of sulfonamides is 1. The molecular weight excluding hydrogens is 298 g/mol. The average Bonchev–Trinajstić information content (AvgIpc) is 2.45. The van der Waals surface area contributed by atoms with Crippen LogP contribution in [0.5, 0.6) is 5.75 Å². The van der Waals surface area contributed by atoms with Crippen molar-refractivity contribution in [3.8, 4) is 5.75 Å². The molecule has 1 saturated heterocycles. The van der Waals surface area contributed by atoms with Crippen LogP contribution < -0.4 is 4.74 Å². The van der Waals surface area contributed by atoms with E-state index in [1.807, 2.05) is 13.8 Å². The summed E-state index contributed by atoms with van der Waals surface area (Å²) in [7, 11) is -3.41. The summed E-state index contributed by atoms with van der Waals surface area (Å²) in [6, 6.07) is 5.16. The van der Waals surface area contributed by atoms with Crippen LogP contribution in [0.25, 0.3) is 0 Å². The molecule has 22 heavy (non-hydrogen) atoms. The van der Waals surface area contributed by atoms with Crippen molar-refractivity contribution in [1.82, 2.24) is 4.31 Å². The molecule has 2 rings (SSSR count). The maximum atomic E-state index is 12.8. The molecule has 1 aromatic rings. The molecule has 1 fully saturated rings. The van der Waals surface area contributed by atoms with Crippen molar-refractivity contribution in [2.75, 3.05) is 19.7 Å². The van der Waals surface area contributed by atoms with Crippen LogP contribution in [0.3, 0.4) is 0 Å². The van der Waals surface area contributed by atoms with E-state index in [2.05, 4.69) is 13.8 Å². The van der Waals surface area contributed by atoms with Crippen molar-refractivity contribution >= 4 is 10.0 Å². The number of benzene rings is 1. The zero-order chi connectivity index (χ0) is 16.3. The highest BCUT2D eigenvalue weighted by molar-refractivity contribution is 7.89. The second kappa shape index (κ2) is 7.01. The molecule has 0 saturated carbocycles. The lowest BCUT2D eigenvalue weighted by Crippen LogP contribution is -2.42. The predicted molar refractivity (Wildman–Crippen MR) is 88.7 cm³/mol. The highest BCUT2D eigenvalue weighted by Gasteiger charge is 2.31. The van der Waals surface area contributed by atoms with Crippen LogP contribution in [0.1, 0.15) is 39.2 Å². The van der Waals surface area contributed by atoms with Gasteiger partial charge in [0.25, 0.3) is 0 Å². The van der Waals surface area contributed by atoms with Crippen LogP contribution in [-0.4, -0.2) is 32.4 Å². The number of nitrogens with zero attached hydrogens (tertiary/aromatic N) is 1. The van der Waals surface area contributed by atoms with Gasteiger partial charge in [0.1, 0.15) is 5.75 Å². The molecule has 1 aliphatic rings. The van der Waals surface area contributed by atoms with Crippen LogP contribution in [-0.2, 0) is 10.0 Å². The van der Waals surface area contributed by atoms with Gasteiger partial charge in [0.2, 0.25) is 10.0 Å². The van der Waals surface area contributed by atoms with Gasteiger partial charge in [-0.05, 0) is 55.4 Å². The van der Waals surface area contributed by atoms with Gasteiger partial charge in [-0.15, -0.1) is 0 Å². The van der Waals surface area contributed by atoms with E-state index in [1.54, 1.807) is 22.5 Å². The lowest BCUT2D eigenvalue weighted by molar-refractivity contribution is 0.222. The molecule has 5 heteroatoms. The van der Waals surface area contributed by atoms with Crippen molar-refractivity contribution in [2.45, 2.75) is 45.4 Å². The zero-order valence-corrected chi connectivity index (χ0v) is 14.8. The molecule has 1 aromatic carbocycles. The summed E-state index contributed by atoms with van der Waals surface area (Å²) in [5.41, 5.74) is 0.868. The van der Waals surface area contributed by atoms with E-state index in [0.717, 1.165) is 24.2 Å². The first-order valence-corrected chi connectivity index (χ1v) is 9.52. The van der Waals surface area contributed by atoms with Crippen molar-refractivity contribution in [3.05, 3.63) is 23.8 Å². The maximum Gasteiger partial charge on any atom is 0.243 e. The van der Waals surface area contributed by atoms with Crippen LogP contribution in [0.2, 0.25) is 0 Å². The second-order valence-corrected chi connectivity index (χ2v) is 8.48. The van der Waals surface area contributed by atoms with E-state index in [-0.39, 0.29) is 0 Å². The van der Waals surface area contributed by atoms with E-state index in [1.165, 1.54) is 0 Å². The number of rotatable bonds is 5. The minimum Gasteiger partial charge on any atom is -0.493 e. The molecule has 0 amide bonds. The number of hydrogen-bond acceptors (Lipinski definition) is 3. The number of aryl methyl sites for hydroxylation is 1. The van der Waals surface area contributed by atoms with Gasteiger partial charge in [-0.3, -0.25) is 0 Å². The molecule has 2 atom stereocenters. The largest absolute Gasteiger partial charge is 0.493 e. The summed E-state index contributed by atoms with van der Waals surface area (Å²) in [5.74, 6) is 1.58. The number of ether oxygens (including phenoxy) is 1. The Kier molecular flexibility index (Phi) is 5.50. The number of hydrogen-bond donors (Lipinski definition) is 0. The van der Waals surface area contributed by atoms with Gasteiger partial charge in [0, 0.05) is 13.1 Å². The topological polar surface area (TPSA) is 46.6 Å². The molecule has 4 nitrogen and oxygen atoms in total. The summed E-state index contributed by atoms with van der Waals surface area (Å²) >= 11 is 0. The third-order valence-corrected chi connectivity index (χ3v) is 5.91. The average molecular weight is 325 g/mol. The normalized spacial score (nSPS) is 23.5. The summed E-state index contributed by atoms with van der Waals surface area (Å²) in [5, 5.41) is 0. The van der Waals surface area contributed by atoms with Crippen LogP contribution >= 0.6 is 0 Å². The van der Waals surface area contributed by atoms with Crippen LogP contribution in [0, 0.1) is 18.8 Å². The predicted octanol–water partition coefficient (Wildman–Crippen LogP) is 3.45. The molecule has 0 N–H and O–H groups in total. The quantitative estimate of drug-likeness (QED) is 0.833. The van der Waals surface area contributed by atoms with Gasteiger partial charge < -0.3 is 4.74 Å². The van der Waals surface area contributed by atoms with E-state index < -0.39 is 10.0 Å². The molecule has 0 aromatic heterocycles. The Hall–Kier alpha value is -1.07. The molecule has 0 bridgehead atoms. The Balaban J connectivity index is 2.24. The summed E-state index contributed by atoms with van der Waals surface area (Å²) in [4.78, 5) is 0.371. The molecule has 0 radical (unpaired) electrons. The molecule has 0 spiro atoms. The fraction of sp³-hybridized carbons (Fsp3) is 0.647. The molecular formula is C17H27NO3S. The van der Waals surface area contributed by atoms with Crippen molar-refractivity contribution in [2.24, 2.45) is 11.8 Å². The Morgan fingerprint density at radius 1 is 1.23 bits per heavy atom. The van der Waals surface area contributed by atoms with Gasteiger partial charge in [0.15, 0.2) is 0 Å². The SMILES string of the molecule is CCCOc1ccc(S(=O)(=O)N2CC(C)CC(C)C2)cc1C. The van der Waals surface area contributed by atoms with E-state index in [9.17, 15) is 8.42 Å². The van der Waals surface area contributed by atoms with Gasteiger partial charge in [0.05, 0.1) is 11.5 Å². The first-order chi connectivity index (χ1) is 10.3. The third kappa shape index (κ3) is 3.82. The van der Waals surface area contributed by atoms with Crippen molar-refractivity contribution in [1.29, 1.82) is 0 Å². The Labute approximate surface area is 134 Å². The lowest BCUT2D eigenvalue weighted by atomic mass is 9.94. The zero-order valence-electron chi connectivity index (χ0n) is 14.0. The standard InChI is InChI=1S/C17H27NO3S/c1-5-8-21-17-7-6-16(10-15(17)4)22(19,20)18-11-13(2)9-14(3)12-18/h6-7,10,13-14H,5,8-9,11-12H2,1-4H3. The van der Waals surface area contributed by atoms with Gasteiger partial charge in [-0.1, -0.05) is 20.8 Å². The van der Waals surface area contributed by atoms with Gasteiger partial charge in [-0.2, -0.15) is 4.31 Å². The van der Waals surface area contributed by atoms with Crippen molar-refractivity contribution < 1.29 is 13.2 Å². The summed E-state index contributed by atoms with van der Waals surface area (Å²) in [6.07, 6.45) is 2.03. The van der Waals surface area contributed by atoms with E-state index >= 15 is 0 Å². The summed E-state index contributed by atoms with van der Waals surface area (Å²) < 4.78 is 32.9. The first-order valence-electron chi connectivity index (χ1n) is 8.08. The minimum atomic E-state index is -3.41. The molecule has 0 aliphatic carbocycles. The fourth-order valence-corrected chi connectivity index (χ4v) is 4.87.